The number of thiophene rings is 2. The van der Waals surface area contributed by atoms with Crippen LogP contribution in [0.5, 0.6) is 0 Å². The standard InChI is InChI=1S/C32H44N2O10S2/c1-15(2)41-29(37)23-19(9)25(31(39)43-17(5)6)45-27(23)33-21(35)13-11-12-14-22(36)34-28-24(30(38)42-16(3)4)20(10)26(46-28)32(40)44-18(7)8/h15-18H,11-14H2,1-10H3,(H,33,35)(H,34,36). The highest BCUT2D eigenvalue weighted by Gasteiger charge is 2.30. The Balaban J connectivity index is 2.09. The van der Waals surface area contributed by atoms with Crippen molar-refractivity contribution in [3.63, 3.8) is 0 Å². The fourth-order valence-corrected chi connectivity index (χ4v) is 6.30. The molecule has 0 radical (unpaired) electrons. The normalized spacial score (nSPS) is 11.2. The van der Waals surface area contributed by atoms with E-state index in [1.54, 1.807) is 69.2 Å². The summed E-state index contributed by atoms with van der Waals surface area (Å²) in [5.74, 6) is -3.36. The summed E-state index contributed by atoms with van der Waals surface area (Å²) in [6.07, 6.45) is -0.851. The van der Waals surface area contributed by atoms with Crippen LogP contribution in [-0.2, 0) is 28.5 Å². The summed E-state index contributed by atoms with van der Waals surface area (Å²) in [5.41, 5.74) is 0.900. The third-order valence-corrected chi connectivity index (χ3v) is 8.38. The van der Waals surface area contributed by atoms with Gasteiger partial charge in [-0.05, 0) is 93.2 Å². The molecule has 2 aromatic rings. The number of unbranched alkanes of at least 4 members (excludes halogenated alkanes) is 1. The van der Waals surface area contributed by atoms with Crippen LogP contribution < -0.4 is 10.6 Å². The van der Waals surface area contributed by atoms with Gasteiger partial charge in [-0.2, -0.15) is 0 Å². The van der Waals surface area contributed by atoms with E-state index in [-0.39, 0.29) is 55.9 Å². The minimum atomic E-state index is -0.666. The van der Waals surface area contributed by atoms with Gasteiger partial charge in [0, 0.05) is 12.8 Å². The fourth-order valence-electron chi connectivity index (χ4n) is 4.11. The molecule has 0 spiro atoms. The van der Waals surface area contributed by atoms with Crippen molar-refractivity contribution in [2.24, 2.45) is 0 Å². The van der Waals surface area contributed by atoms with Gasteiger partial charge in [0.1, 0.15) is 19.8 Å². The molecule has 0 saturated carbocycles. The van der Waals surface area contributed by atoms with Crippen LogP contribution in [-0.4, -0.2) is 60.1 Å². The zero-order valence-electron chi connectivity index (χ0n) is 28.0. The van der Waals surface area contributed by atoms with Crippen molar-refractivity contribution < 1.29 is 47.7 Å². The van der Waals surface area contributed by atoms with Crippen molar-refractivity contribution in [3.8, 4) is 0 Å². The van der Waals surface area contributed by atoms with Gasteiger partial charge in [-0.25, -0.2) is 19.2 Å². The topological polar surface area (TPSA) is 163 Å². The molecule has 12 nitrogen and oxygen atoms in total. The third-order valence-electron chi connectivity index (χ3n) is 6.01. The number of nitrogens with one attached hydrogen (secondary N) is 2. The van der Waals surface area contributed by atoms with Crippen molar-refractivity contribution in [1.29, 1.82) is 0 Å². The highest BCUT2D eigenvalue weighted by Crippen LogP contribution is 2.36. The Morgan fingerprint density at radius 1 is 0.522 bits per heavy atom. The molecule has 14 heteroatoms. The molecule has 0 aliphatic carbocycles. The monoisotopic (exact) mass is 680 g/mol. The van der Waals surface area contributed by atoms with E-state index in [1.165, 1.54) is 0 Å². The summed E-state index contributed by atoms with van der Waals surface area (Å²) in [7, 11) is 0. The maximum Gasteiger partial charge on any atom is 0.348 e. The molecule has 0 atom stereocenters. The summed E-state index contributed by atoms with van der Waals surface area (Å²) >= 11 is 1.88. The second-order valence-corrected chi connectivity index (χ2v) is 13.7. The first-order chi connectivity index (χ1) is 21.4. The summed E-state index contributed by atoms with van der Waals surface area (Å²) in [6, 6.07) is 0. The minimum absolute atomic E-state index is 0.0317. The number of hydrogen-bond acceptors (Lipinski definition) is 12. The first-order valence-electron chi connectivity index (χ1n) is 15.1. The highest BCUT2D eigenvalue weighted by molar-refractivity contribution is 7.19. The van der Waals surface area contributed by atoms with Crippen LogP contribution in [0.2, 0.25) is 0 Å². The first kappa shape index (κ1) is 38.4. The molecular formula is C32H44N2O10S2. The average Bonchev–Trinajstić information content (AvgIpc) is 3.40. The van der Waals surface area contributed by atoms with E-state index in [9.17, 15) is 28.8 Å². The lowest BCUT2D eigenvalue weighted by Gasteiger charge is -2.11. The molecule has 0 unspecified atom stereocenters. The van der Waals surface area contributed by atoms with Crippen LogP contribution >= 0.6 is 22.7 Å². The average molecular weight is 681 g/mol. The molecule has 2 rings (SSSR count). The van der Waals surface area contributed by atoms with Gasteiger partial charge in [-0.3, -0.25) is 9.59 Å². The van der Waals surface area contributed by atoms with Gasteiger partial charge in [0.05, 0.1) is 35.5 Å². The van der Waals surface area contributed by atoms with E-state index in [2.05, 4.69) is 10.6 Å². The van der Waals surface area contributed by atoms with Crippen molar-refractivity contribution >= 4 is 68.4 Å². The lowest BCUT2D eigenvalue weighted by atomic mass is 10.1. The summed E-state index contributed by atoms with van der Waals surface area (Å²) in [6.45, 7) is 16.8. The van der Waals surface area contributed by atoms with E-state index in [4.69, 9.17) is 18.9 Å². The maximum atomic E-state index is 12.8. The number of esters is 4. The Kier molecular flexibility index (Phi) is 14.4. The van der Waals surface area contributed by atoms with E-state index < -0.39 is 47.9 Å². The summed E-state index contributed by atoms with van der Waals surface area (Å²) < 4.78 is 21.2. The zero-order chi connectivity index (χ0) is 34.9. The van der Waals surface area contributed by atoms with Gasteiger partial charge in [0.2, 0.25) is 11.8 Å². The number of ether oxygens (including phenoxy) is 4. The predicted octanol–water partition coefficient (Wildman–Crippen LogP) is 6.82. The Hall–Kier alpha value is -3.78. The minimum Gasteiger partial charge on any atom is -0.459 e. The Morgan fingerprint density at radius 3 is 1.09 bits per heavy atom. The molecule has 0 aromatic carbocycles. The van der Waals surface area contributed by atoms with Crippen molar-refractivity contribution in [2.45, 2.75) is 119 Å². The SMILES string of the molecule is Cc1c(C(=O)OC(C)C)sc(NC(=O)CCCCC(=O)Nc2sc(C(=O)OC(C)C)c(C)c2C(=O)OC(C)C)c1C(=O)OC(C)C. The lowest BCUT2D eigenvalue weighted by molar-refractivity contribution is -0.118. The van der Waals surface area contributed by atoms with Gasteiger partial charge in [0.25, 0.3) is 0 Å². The molecule has 2 N–H and O–H groups in total. The van der Waals surface area contributed by atoms with E-state index in [0.29, 0.717) is 24.0 Å². The number of carbonyl (C=O) groups is 6. The third kappa shape index (κ3) is 10.9. The number of hydrogen-bond donors (Lipinski definition) is 2. The van der Waals surface area contributed by atoms with Crippen LogP contribution in [0.3, 0.4) is 0 Å². The van der Waals surface area contributed by atoms with Gasteiger partial charge >= 0.3 is 23.9 Å². The quantitative estimate of drug-likeness (QED) is 0.116. The van der Waals surface area contributed by atoms with E-state index in [1.807, 2.05) is 0 Å². The molecule has 2 aromatic heterocycles. The van der Waals surface area contributed by atoms with Crippen LogP contribution in [0.4, 0.5) is 10.0 Å². The van der Waals surface area contributed by atoms with Crippen LogP contribution in [0.25, 0.3) is 0 Å². The van der Waals surface area contributed by atoms with Crippen LogP contribution in [0.15, 0.2) is 0 Å². The summed E-state index contributed by atoms with van der Waals surface area (Å²) in [5, 5.41) is 5.78. The van der Waals surface area contributed by atoms with Crippen molar-refractivity contribution in [3.05, 3.63) is 32.0 Å². The second kappa shape index (κ2) is 17.2. The molecule has 46 heavy (non-hydrogen) atoms. The molecule has 2 amide bonds. The molecule has 254 valence electrons. The van der Waals surface area contributed by atoms with Crippen LogP contribution in [0, 0.1) is 13.8 Å². The number of amides is 2. The number of carbonyl (C=O) groups excluding carboxylic acids is 6. The van der Waals surface area contributed by atoms with Gasteiger partial charge in [-0.1, -0.05) is 0 Å². The molecule has 0 bridgehead atoms. The Morgan fingerprint density at radius 2 is 0.804 bits per heavy atom. The molecule has 2 heterocycles. The fraction of sp³-hybridized carbons (Fsp3) is 0.562. The van der Waals surface area contributed by atoms with Gasteiger partial charge in [-0.15, -0.1) is 22.7 Å². The molecule has 0 aliphatic rings. The Bertz CT molecular complexity index is 1340. The first-order valence-corrected chi connectivity index (χ1v) is 16.8. The molecule has 0 fully saturated rings. The highest BCUT2D eigenvalue weighted by atomic mass is 32.1. The smallest absolute Gasteiger partial charge is 0.348 e. The molecular weight excluding hydrogens is 636 g/mol. The maximum absolute atomic E-state index is 12.8. The summed E-state index contributed by atoms with van der Waals surface area (Å²) in [4.78, 5) is 76.9. The van der Waals surface area contributed by atoms with Crippen molar-refractivity contribution in [2.75, 3.05) is 10.6 Å². The predicted molar refractivity (Wildman–Crippen MR) is 176 cm³/mol. The van der Waals surface area contributed by atoms with Crippen LogP contribution in [0.1, 0.15) is 132 Å². The second-order valence-electron chi connectivity index (χ2n) is 11.6. The van der Waals surface area contributed by atoms with Gasteiger partial charge in [0.15, 0.2) is 0 Å². The number of rotatable bonds is 15. The Labute approximate surface area is 277 Å². The van der Waals surface area contributed by atoms with E-state index >= 15 is 0 Å². The zero-order valence-corrected chi connectivity index (χ0v) is 29.7. The van der Waals surface area contributed by atoms with E-state index in [0.717, 1.165) is 22.7 Å². The van der Waals surface area contributed by atoms with Crippen molar-refractivity contribution in [1.82, 2.24) is 0 Å². The van der Waals surface area contributed by atoms with Gasteiger partial charge < -0.3 is 29.6 Å². The molecule has 0 saturated heterocycles. The number of anilines is 2. The lowest BCUT2D eigenvalue weighted by Crippen LogP contribution is -2.17. The molecule has 0 aliphatic heterocycles. The largest absolute Gasteiger partial charge is 0.459 e.